The molecule has 28 heavy (non-hydrogen) atoms. The zero-order chi connectivity index (χ0) is 19.3. The van der Waals surface area contributed by atoms with Crippen LogP contribution in [0.2, 0.25) is 0 Å². The van der Waals surface area contributed by atoms with Crippen LogP contribution in [0.5, 0.6) is 5.88 Å². The van der Waals surface area contributed by atoms with Crippen LogP contribution in [0.1, 0.15) is 31.4 Å². The molecule has 0 atom stereocenters. The number of aromatic nitrogens is 5. The highest BCUT2D eigenvalue weighted by atomic mass is 16.5. The number of carbonyl (C=O) groups is 1. The number of ether oxygens (including phenoxy) is 1. The predicted molar refractivity (Wildman–Crippen MR) is 103 cm³/mol. The van der Waals surface area contributed by atoms with Crippen LogP contribution in [0.3, 0.4) is 0 Å². The highest BCUT2D eigenvalue weighted by Gasteiger charge is 2.28. The van der Waals surface area contributed by atoms with Gasteiger partial charge < -0.3 is 15.4 Å². The second-order valence-electron chi connectivity index (χ2n) is 6.46. The van der Waals surface area contributed by atoms with E-state index in [1.54, 1.807) is 6.20 Å². The van der Waals surface area contributed by atoms with Gasteiger partial charge in [0.15, 0.2) is 5.82 Å². The van der Waals surface area contributed by atoms with Gasteiger partial charge in [-0.2, -0.15) is 0 Å². The van der Waals surface area contributed by atoms with Crippen LogP contribution >= 0.6 is 0 Å². The van der Waals surface area contributed by atoms with Crippen molar-refractivity contribution in [3.8, 4) is 17.3 Å². The Bertz CT molecular complexity index is 951. The maximum atomic E-state index is 12.2. The number of pyridine rings is 1. The summed E-state index contributed by atoms with van der Waals surface area (Å²) in [6.07, 6.45) is 3.88. The molecule has 0 bridgehead atoms. The van der Waals surface area contributed by atoms with Crippen LogP contribution in [0.4, 0.5) is 10.5 Å². The Morgan fingerprint density at radius 2 is 2.07 bits per heavy atom. The first-order valence-corrected chi connectivity index (χ1v) is 9.24. The van der Waals surface area contributed by atoms with Gasteiger partial charge in [0, 0.05) is 29.6 Å². The summed E-state index contributed by atoms with van der Waals surface area (Å²) in [5, 5.41) is 17.6. The minimum absolute atomic E-state index is 0.304. The zero-order valence-electron chi connectivity index (χ0n) is 15.5. The number of rotatable bonds is 7. The van der Waals surface area contributed by atoms with Crippen molar-refractivity contribution in [3.63, 3.8) is 0 Å². The van der Waals surface area contributed by atoms with Crippen LogP contribution in [-0.4, -0.2) is 37.8 Å². The first kappa shape index (κ1) is 17.9. The normalized spacial score (nSPS) is 13.2. The maximum absolute atomic E-state index is 12.2. The Hall–Kier alpha value is -3.49. The number of urea groups is 1. The molecular weight excluding hydrogens is 358 g/mol. The third-order valence-electron chi connectivity index (χ3n) is 4.36. The second-order valence-corrected chi connectivity index (χ2v) is 6.46. The van der Waals surface area contributed by atoms with Gasteiger partial charge >= 0.3 is 6.03 Å². The van der Waals surface area contributed by atoms with Gasteiger partial charge in [0.25, 0.3) is 0 Å². The highest BCUT2D eigenvalue weighted by Crippen LogP contribution is 2.36. The van der Waals surface area contributed by atoms with Gasteiger partial charge in [-0.1, -0.05) is 6.07 Å². The average Bonchev–Trinajstić information content (AvgIpc) is 3.45. The zero-order valence-corrected chi connectivity index (χ0v) is 15.5. The van der Waals surface area contributed by atoms with E-state index in [0.29, 0.717) is 30.8 Å². The van der Waals surface area contributed by atoms with Gasteiger partial charge in [-0.05, 0) is 60.5 Å². The fourth-order valence-corrected chi connectivity index (χ4v) is 2.83. The predicted octanol–water partition coefficient (Wildman–Crippen LogP) is 2.79. The van der Waals surface area contributed by atoms with Crippen molar-refractivity contribution in [3.05, 3.63) is 48.2 Å². The molecule has 4 rings (SSSR count). The molecule has 2 aromatic heterocycles. The molecule has 9 heteroatoms. The van der Waals surface area contributed by atoms with E-state index in [9.17, 15) is 4.79 Å². The number of hydrogen-bond acceptors (Lipinski definition) is 6. The summed E-state index contributed by atoms with van der Waals surface area (Å²) in [6, 6.07) is 11.2. The first-order chi connectivity index (χ1) is 13.7. The number of nitrogens with zero attached hydrogens (tertiary/aromatic N) is 5. The largest absolute Gasteiger partial charge is 0.478 e. The lowest BCUT2D eigenvalue weighted by molar-refractivity contribution is 0.251. The Balaban J connectivity index is 1.35. The lowest BCUT2D eigenvalue weighted by atomic mass is 10.2. The summed E-state index contributed by atoms with van der Waals surface area (Å²) in [5.74, 6) is 1.28. The highest BCUT2D eigenvalue weighted by molar-refractivity contribution is 5.89. The third-order valence-corrected chi connectivity index (χ3v) is 4.36. The molecular formula is C19H21N7O2. The Kier molecular flexibility index (Phi) is 5.14. The average molecular weight is 379 g/mol. The van der Waals surface area contributed by atoms with Gasteiger partial charge in [0.2, 0.25) is 5.88 Å². The second kappa shape index (κ2) is 8.03. The third kappa shape index (κ3) is 4.08. The van der Waals surface area contributed by atoms with Crippen molar-refractivity contribution in [2.75, 3.05) is 11.9 Å². The summed E-state index contributed by atoms with van der Waals surface area (Å²) in [7, 11) is 0. The number of benzene rings is 1. The molecule has 0 aliphatic heterocycles. The first-order valence-electron chi connectivity index (χ1n) is 9.24. The lowest BCUT2D eigenvalue weighted by Gasteiger charge is -2.11. The molecule has 2 amide bonds. The van der Waals surface area contributed by atoms with Gasteiger partial charge in [-0.25, -0.2) is 14.5 Å². The van der Waals surface area contributed by atoms with E-state index in [1.165, 1.54) is 0 Å². The van der Waals surface area contributed by atoms with Gasteiger partial charge in [0.05, 0.1) is 12.6 Å². The number of hydrogen-bond donors (Lipinski definition) is 2. The van der Waals surface area contributed by atoms with Crippen molar-refractivity contribution >= 4 is 11.7 Å². The maximum Gasteiger partial charge on any atom is 0.319 e. The molecule has 0 saturated heterocycles. The standard InChI is InChI=1S/C19H21N7O2/c1-2-28-18-14(4-3-11-20-18)12-21-19(27)22-15-7-5-13(6-8-15)17-23-24-25-26(17)16-9-10-16/h3-8,11,16H,2,9-10,12H2,1H3,(H2,21,22,27). The fraction of sp³-hybridized carbons (Fsp3) is 0.316. The van der Waals surface area contributed by atoms with E-state index in [1.807, 2.05) is 48.0 Å². The van der Waals surface area contributed by atoms with Crippen LogP contribution in [0.15, 0.2) is 42.6 Å². The molecule has 9 nitrogen and oxygen atoms in total. The fourth-order valence-electron chi connectivity index (χ4n) is 2.83. The Labute approximate surface area is 162 Å². The van der Waals surface area contributed by atoms with E-state index in [0.717, 1.165) is 29.8 Å². The van der Waals surface area contributed by atoms with Gasteiger partial charge in [0.1, 0.15) is 0 Å². The van der Waals surface area contributed by atoms with E-state index in [2.05, 4.69) is 31.1 Å². The molecule has 1 fully saturated rings. The topological polar surface area (TPSA) is 107 Å². The van der Waals surface area contributed by atoms with Gasteiger partial charge in [-0.3, -0.25) is 0 Å². The van der Waals surface area contributed by atoms with Crippen molar-refractivity contribution < 1.29 is 9.53 Å². The van der Waals surface area contributed by atoms with Crippen LogP contribution < -0.4 is 15.4 Å². The van der Waals surface area contributed by atoms with Crippen LogP contribution in [0.25, 0.3) is 11.4 Å². The number of amides is 2. The Morgan fingerprint density at radius 1 is 1.25 bits per heavy atom. The smallest absolute Gasteiger partial charge is 0.319 e. The quantitative estimate of drug-likeness (QED) is 0.654. The molecule has 2 heterocycles. The molecule has 0 unspecified atom stereocenters. The number of tetrazole rings is 1. The molecule has 144 valence electrons. The molecule has 0 spiro atoms. The number of nitrogens with one attached hydrogen (secondary N) is 2. The summed E-state index contributed by atoms with van der Waals surface area (Å²) < 4.78 is 7.33. The molecule has 0 radical (unpaired) electrons. The van der Waals surface area contributed by atoms with Crippen molar-refractivity contribution in [1.82, 2.24) is 30.5 Å². The minimum Gasteiger partial charge on any atom is -0.478 e. The molecule has 2 N–H and O–H groups in total. The van der Waals surface area contributed by atoms with E-state index >= 15 is 0 Å². The minimum atomic E-state index is -0.304. The van der Waals surface area contributed by atoms with E-state index in [4.69, 9.17) is 4.74 Å². The van der Waals surface area contributed by atoms with E-state index in [-0.39, 0.29) is 6.03 Å². The van der Waals surface area contributed by atoms with Crippen molar-refractivity contribution in [2.45, 2.75) is 32.4 Å². The van der Waals surface area contributed by atoms with E-state index < -0.39 is 0 Å². The monoisotopic (exact) mass is 379 g/mol. The van der Waals surface area contributed by atoms with Crippen molar-refractivity contribution in [2.24, 2.45) is 0 Å². The lowest BCUT2D eigenvalue weighted by Crippen LogP contribution is -2.28. The number of carbonyl (C=O) groups excluding carboxylic acids is 1. The van der Waals surface area contributed by atoms with Gasteiger partial charge in [-0.15, -0.1) is 5.10 Å². The van der Waals surface area contributed by atoms with Crippen LogP contribution in [0, 0.1) is 0 Å². The van der Waals surface area contributed by atoms with Crippen molar-refractivity contribution in [1.29, 1.82) is 0 Å². The Morgan fingerprint density at radius 3 is 2.82 bits per heavy atom. The summed E-state index contributed by atoms with van der Waals surface area (Å²) >= 11 is 0. The SMILES string of the molecule is CCOc1ncccc1CNC(=O)Nc1ccc(-c2nnnn2C2CC2)cc1. The summed E-state index contributed by atoms with van der Waals surface area (Å²) in [5.41, 5.74) is 2.42. The summed E-state index contributed by atoms with van der Waals surface area (Å²) in [4.78, 5) is 16.4. The van der Waals surface area contributed by atoms with Crippen LogP contribution in [-0.2, 0) is 6.54 Å². The molecule has 3 aromatic rings. The number of anilines is 1. The molecule has 1 saturated carbocycles. The molecule has 1 aliphatic rings. The summed E-state index contributed by atoms with van der Waals surface area (Å²) in [6.45, 7) is 2.74. The molecule has 1 aromatic carbocycles. The molecule has 1 aliphatic carbocycles.